The van der Waals surface area contributed by atoms with Crippen molar-refractivity contribution in [3.63, 3.8) is 0 Å². The Hall–Kier alpha value is -3.73. The number of aryl methyl sites for hydroxylation is 1. The van der Waals surface area contributed by atoms with Crippen LogP contribution < -0.4 is 0 Å². The number of halogens is 3. The Labute approximate surface area is 210 Å². The van der Waals surface area contributed by atoms with Crippen LogP contribution in [0.3, 0.4) is 0 Å². The van der Waals surface area contributed by atoms with Crippen LogP contribution in [0.15, 0.2) is 36.7 Å². The summed E-state index contributed by atoms with van der Waals surface area (Å²) in [7, 11) is 3.37. The highest BCUT2D eigenvalue weighted by Crippen LogP contribution is 2.41. The van der Waals surface area contributed by atoms with Crippen molar-refractivity contribution in [2.24, 2.45) is 7.05 Å². The summed E-state index contributed by atoms with van der Waals surface area (Å²) in [6.45, 7) is 1.71. The van der Waals surface area contributed by atoms with E-state index in [0.29, 0.717) is 47.5 Å². The molecule has 2 aliphatic rings. The van der Waals surface area contributed by atoms with E-state index in [1.807, 2.05) is 4.57 Å². The number of amides is 1. The lowest BCUT2D eigenvalue weighted by Gasteiger charge is -2.28. The summed E-state index contributed by atoms with van der Waals surface area (Å²) in [5.74, 6) is 0.890. The number of carbonyl (C=O) groups excluding carboxylic acids is 1. The molecule has 192 valence electrons. The van der Waals surface area contributed by atoms with Crippen molar-refractivity contribution in [2.75, 3.05) is 20.3 Å². The van der Waals surface area contributed by atoms with E-state index < -0.39 is 11.7 Å². The third-order valence-corrected chi connectivity index (χ3v) is 7.19. The first-order chi connectivity index (χ1) is 17.7. The number of pyridine rings is 1. The van der Waals surface area contributed by atoms with E-state index >= 15 is 0 Å². The summed E-state index contributed by atoms with van der Waals surface area (Å²) in [4.78, 5) is 23.7. The Bertz CT molecular complexity index is 1520. The molecular weight excluding hydrogens is 485 g/mol. The summed E-state index contributed by atoms with van der Waals surface area (Å²) in [6, 6.07) is 6.43. The molecule has 11 heteroatoms. The van der Waals surface area contributed by atoms with Crippen LogP contribution >= 0.6 is 0 Å². The smallest absolute Gasteiger partial charge is 0.381 e. The van der Waals surface area contributed by atoms with Crippen molar-refractivity contribution in [1.29, 1.82) is 0 Å². The minimum atomic E-state index is -4.62. The number of hydrogen-bond donors (Lipinski definition) is 0. The molecule has 0 spiro atoms. The maximum atomic E-state index is 14.3. The summed E-state index contributed by atoms with van der Waals surface area (Å²) < 4.78 is 51.7. The Morgan fingerprint density at radius 3 is 2.54 bits per heavy atom. The average Bonchev–Trinajstić information content (AvgIpc) is 3.47. The van der Waals surface area contributed by atoms with Crippen LogP contribution in [-0.4, -0.2) is 55.4 Å². The second kappa shape index (κ2) is 8.69. The van der Waals surface area contributed by atoms with Gasteiger partial charge in [0, 0.05) is 55.9 Å². The molecule has 37 heavy (non-hydrogen) atoms. The number of benzene rings is 1. The molecular formula is C26H25F3N6O2. The fourth-order valence-corrected chi connectivity index (χ4v) is 5.28. The van der Waals surface area contributed by atoms with Crippen LogP contribution in [0.2, 0.25) is 0 Å². The number of imidazole rings is 1. The molecule has 0 N–H and O–H groups in total. The first-order valence-electron chi connectivity index (χ1n) is 12.1. The Kier molecular flexibility index (Phi) is 5.55. The highest BCUT2D eigenvalue weighted by Gasteiger charge is 2.36. The van der Waals surface area contributed by atoms with E-state index in [-0.39, 0.29) is 24.1 Å². The fraction of sp³-hybridized carbons (Fsp3) is 0.385. The fourth-order valence-electron chi connectivity index (χ4n) is 5.28. The van der Waals surface area contributed by atoms with Crippen LogP contribution in [0.5, 0.6) is 0 Å². The zero-order chi connectivity index (χ0) is 25.9. The lowest BCUT2D eigenvalue weighted by molar-refractivity contribution is -0.137. The molecule has 1 amide bonds. The lowest BCUT2D eigenvalue weighted by atomic mass is 9.99. The minimum Gasteiger partial charge on any atom is -0.381 e. The standard InChI is InChI=1S/C26H25F3N6O2/c1-33-13-21-24(32-25(35(21)14-22(33)36)15-6-8-37-9-7-15)17-4-3-5-20-18(17)10-19(26(27,28)29)23(31-20)16-11-30-34(2)12-16/h3-5,10-12,15H,6-9,13-14H2,1-2H3. The van der Waals surface area contributed by atoms with Gasteiger partial charge in [-0.25, -0.2) is 9.97 Å². The lowest BCUT2D eigenvalue weighted by Crippen LogP contribution is -2.37. The maximum absolute atomic E-state index is 14.3. The molecule has 0 bridgehead atoms. The summed E-state index contributed by atoms with van der Waals surface area (Å²) in [6.07, 6.45) is -0.154. The van der Waals surface area contributed by atoms with E-state index in [2.05, 4.69) is 10.1 Å². The van der Waals surface area contributed by atoms with Crippen molar-refractivity contribution >= 4 is 16.8 Å². The molecule has 3 aromatic heterocycles. The third kappa shape index (κ3) is 4.07. The van der Waals surface area contributed by atoms with Gasteiger partial charge in [0.15, 0.2) is 0 Å². The van der Waals surface area contributed by atoms with Gasteiger partial charge in [0.05, 0.1) is 40.9 Å². The molecule has 1 fully saturated rings. The van der Waals surface area contributed by atoms with Crippen molar-refractivity contribution in [3.8, 4) is 22.5 Å². The number of nitrogens with zero attached hydrogens (tertiary/aromatic N) is 6. The van der Waals surface area contributed by atoms with Crippen LogP contribution in [-0.2, 0) is 35.8 Å². The van der Waals surface area contributed by atoms with E-state index in [1.165, 1.54) is 17.1 Å². The van der Waals surface area contributed by atoms with Gasteiger partial charge in [-0.15, -0.1) is 0 Å². The number of alkyl halides is 3. The number of fused-ring (bicyclic) bond motifs is 2. The number of ether oxygens (including phenoxy) is 1. The molecule has 4 aromatic rings. The molecule has 6 rings (SSSR count). The van der Waals surface area contributed by atoms with Gasteiger partial charge >= 0.3 is 6.18 Å². The van der Waals surface area contributed by atoms with Gasteiger partial charge in [-0.3, -0.25) is 9.48 Å². The Balaban J connectivity index is 1.58. The van der Waals surface area contributed by atoms with Gasteiger partial charge in [0.2, 0.25) is 5.91 Å². The van der Waals surface area contributed by atoms with Gasteiger partial charge in [0.1, 0.15) is 12.4 Å². The highest BCUT2D eigenvalue weighted by molar-refractivity contribution is 5.96. The van der Waals surface area contributed by atoms with Crippen molar-refractivity contribution in [1.82, 2.24) is 29.2 Å². The first-order valence-corrected chi connectivity index (χ1v) is 12.1. The molecule has 2 aliphatic heterocycles. The second-order valence-electron chi connectivity index (χ2n) is 9.65. The SMILES string of the molecule is CN1Cc2c(-c3cccc4nc(-c5cnn(C)c5)c(C(F)(F)F)cc34)nc(C3CCOCC3)n2CC1=O. The number of aromatic nitrogens is 5. The molecule has 0 aliphatic carbocycles. The van der Waals surface area contributed by atoms with Crippen molar-refractivity contribution in [2.45, 2.75) is 38.0 Å². The van der Waals surface area contributed by atoms with Crippen LogP contribution in [0.25, 0.3) is 33.4 Å². The Morgan fingerprint density at radius 1 is 1.05 bits per heavy atom. The molecule has 0 unspecified atom stereocenters. The predicted molar refractivity (Wildman–Crippen MR) is 129 cm³/mol. The van der Waals surface area contributed by atoms with Gasteiger partial charge in [-0.1, -0.05) is 12.1 Å². The molecule has 1 aromatic carbocycles. The Morgan fingerprint density at radius 2 is 1.84 bits per heavy atom. The normalized spacial score (nSPS) is 17.0. The molecule has 5 heterocycles. The maximum Gasteiger partial charge on any atom is 0.418 e. The summed E-state index contributed by atoms with van der Waals surface area (Å²) in [5, 5.41) is 4.39. The number of carbonyl (C=O) groups is 1. The quantitative estimate of drug-likeness (QED) is 0.409. The van der Waals surface area contributed by atoms with Crippen LogP contribution in [0, 0.1) is 0 Å². The zero-order valence-electron chi connectivity index (χ0n) is 20.4. The van der Waals surface area contributed by atoms with Gasteiger partial charge < -0.3 is 14.2 Å². The first kappa shape index (κ1) is 23.7. The van der Waals surface area contributed by atoms with E-state index in [4.69, 9.17) is 9.72 Å². The highest BCUT2D eigenvalue weighted by atomic mass is 19.4. The topological polar surface area (TPSA) is 78.1 Å². The van der Waals surface area contributed by atoms with Crippen molar-refractivity contribution in [3.05, 3.63) is 53.7 Å². The van der Waals surface area contributed by atoms with Gasteiger partial charge in [0.25, 0.3) is 0 Å². The molecule has 1 saturated heterocycles. The number of likely N-dealkylation sites (N-methyl/N-ethyl adjacent to an activating group) is 1. The summed E-state index contributed by atoms with van der Waals surface area (Å²) >= 11 is 0. The van der Waals surface area contributed by atoms with Gasteiger partial charge in [-0.05, 0) is 25.0 Å². The molecule has 0 radical (unpaired) electrons. The van der Waals surface area contributed by atoms with Gasteiger partial charge in [-0.2, -0.15) is 18.3 Å². The predicted octanol–water partition coefficient (Wildman–Crippen LogP) is 4.38. The molecule has 0 saturated carbocycles. The van der Waals surface area contributed by atoms with Crippen LogP contribution in [0.1, 0.15) is 35.8 Å². The van der Waals surface area contributed by atoms with E-state index in [1.54, 1.807) is 37.2 Å². The van der Waals surface area contributed by atoms with E-state index in [0.717, 1.165) is 30.4 Å². The third-order valence-electron chi connectivity index (χ3n) is 7.19. The van der Waals surface area contributed by atoms with Crippen LogP contribution in [0.4, 0.5) is 13.2 Å². The zero-order valence-corrected chi connectivity index (χ0v) is 20.4. The molecule has 8 nitrogen and oxygen atoms in total. The number of rotatable bonds is 3. The minimum absolute atomic E-state index is 0.0233. The molecule has 0 atom stereocenters. The monoisotopic (exact) mass is 510 g/mol. The summed E-state index contributed by atoms with van der Waals surface area (Å²) in [5.41, 5.74) is 1.72. The second-order valence-corrected chi connectivity index (χ2v) is 9.65. The largest absolute Gasteiger partial charge is 0.418 e. The number of hydrogen-bond acceptors (Lipinski definition) is 5. The van der Waals surface area contributed by atoms with Crippen molar-refractivity contribution < 1.29 is 22.7 Å². The average molecular weight is 511 g/mol. The van der Waals surface area contributed by atoms with E-state index in [9.17, 15) is 18.0 Å².